The summed E-state index contributed by atoms with van der Waals surface area (Å²) in [5.74, 6) is 0. The highest BCUT2D eigenvalue weighted by atomic mass is 32.2. The van der Waals surface area contributed by atoms with Gasteiger partial charge in [-0.05, 0) is 72.0 Å². The average molecular weight is 444 g/mol. The third-order valence-electron chi connectivity index (χ3n) is 6.44. The molecule has 0 aliphatic carbocycles. The van der Waals surface area contributed by atoms with Crippen molar-refractivity contribution in [2.45, 2.75) is 77.6 Å². The van der Waals surface area contributed by atoms with Gasteiger partial charge in [0, 0.05) is 10.6 Å². The van der Waals surface area contributed by atoms with Crippen LogP contribution >= 0.6 is 11.8 Å². The van der Waals surface area contributed by atoms with Crippen LogP contribution in [0.25, 0.3) is 0 Å². The maximum atomic E-state index is 12.4. The second-order valence-corrected chi connectivity index (χ2v) is 11.7. The molecule has 168 valence electrons. The van der Waals surface area contributed by atoms with E-state index in [4.69, 9.17) is 14.0 Å². The van der Waals surface area contributed by atoms with Crippen molar-refractivity contribution in [1.82, 2.24) is 10.2 Å². The zero-order valence-electron chi connectivity index (χ0n) is 19.8. The average Bonchev–Trinajstić information content (AvgIpc) is 3.23. The van der Waals surface area contributed by atoms with Crippen molar-refractivity contribution in [3.8, 4) is 0 Å². The van der Waals surface area contributed by atoms with Crippen molar-refractivity contribution in [2.75, 3.05) is 13.1 Å². The summed E-state index contributed by atoms with van der Waals surface area (Å²) in [6.07, 6.45) is -0.264. The summed E-state index contributed by atoms with van der Waals surface area (Å²) in [5.41, 5.74) is 3.36. The summed E-state index contributed by atoms with van der Waals surface area (Å²) < 4.78 is 18.1. The van der Waals surface area contributed by atoms with E-state index in [2.05, 4.69) is 58.1 Å². The van der Waals surface area contributed by atoms with Crippen molar-refractivity contribution in [1.29, 1.82) is 0 Å². The second-order valence-electron chi connectivity index (χ2n) is 10.5. The Labute approximate surface area is 190 Å². The van der Waals surface area contributed by atoms with Gasteiger partial charge in [-0.1, -0.05) is 30.0 Å². The van der Waals surface area contributed by atoms with Crippen LogP contribution in [0.5, 0.6) is 0 Å². The molecule has 6 nitrogen and oxygen atoms in total. The summed E-state index contributed by atoms with van der Waals surface area (Å²) in [5, 5.41) is 3.74. The lowest BCUT2D eigenvalue weighted by atomic mass is 9.75. The molecule has 1 amide bonds. The van der Waals surface area contributed by atoms with Crippen LogP contribution in [-0.2, 0) is 14.0 Å². The number of carbonyl (C=O) groups is 1. The predicted molar refractivity (Wildman–Crippen MR) is 125 cm³/mol. The first-order valence-electron chi connectivity index (χ1n) is 10.9. The van der Waals surface area contributed by atoms with Gasteiger partial charge in [0.1, 0.15) is 11.0 Å². The van der Waals surface area contributed by atoms with E-state index in [0.717, 1.165) is 11.2 Å². The molecule has 1 aromatic carbocycles. The first kappa shape index (κ1) is 22.6. The van der Waals surface area contributed by atoms with Gasteiger partial charge in [0.05, 0.1) is 24.3 Å². The lowest BCUT2D eigenvalue weighted by Gasteiger charge is -2.32. The van der Waals surface area contributed by atoms with Gasteiger partial charge in [-0.3, -0.25) is 4.90 Å². The molecule has 1 unspecified atom stereocenters. The van der Waals surface area contributed by atoms with E-state index in [-0.39, 0.29) is 29.8 Å². The summed E-state index contributed by atoms with van der Waals surface area (Å²) in [6, 6.07) is 6.32. The molecule has 3 heterocycles. The minimum Gasteiger partial charge on any atom is -0.444 e. The number of nitrogens with zero attached hydrogens (tertiary/aromatic N) is 1. The van der Waals surface area contributed by atoms with Gasteiger partial charge in [-0.2, -0.15) is 0 Å². The minimum atomic E-state index is -0.488. The number of carbonyl (C=O) groups excluding carboxylic acids is 1. The molecule has 0 radical (unpaired) electrons. The fourth-order valence-electron chi connectivity index (χ4n) is 3.95. The third-order valence-corrected chi connectivity index (χ3v) is 7.71. The highest BCUT2D eigenvalue weighted by Gasteiger charge is 2.52. The maximum Gasteiger partial charge on any atom is 0.495 e. The van der Waals surface area contributed by atoms with Crippen LogP contribution in [0.1, 0.15) is 65.0 Å². The molecule has 8 heteroatoms. The Hall–Kier alpha value is -1.64. The first-order valence-corrected chi connectivity index (χ1v) is 11.7. The van der Waals surface area contributed by atoms with E-state index in [1.54, 1.807) is 16.7 Å². The van der Waals surface area contributed by atoms with E-state index in [1.165, 1.54) is 16.0 Å². The molecule has 1 atom stereocenters. The molecule has 1 N–H and O–H groups in total. The highest BCUT2D eigenvalue weighted by Crippen LogP contribution is 2.44. The van der Waals surface area contributed by atoms with E-state index in [9.17, 15) is 4.79 Å². The fraction of sp³-hybridized carbons (Fsp3) is 0.609. The molecular weight excluding hydrogens is 411 g/mol. The van der Waals surface area contributed by atoms with E-state index in [1.807, 2.05) is 20.8 Å². The number of nitrogens with one attached hydrogen (secondary N) is 1. The van der Waals surface area contributed by atoms with Gasteiger partial charge >= 0.3 is 13.2 Å². The second kappa shape index (κ2) is 7.46. The largest absolute Gasteiger partial charge is 0.495 e. The molecule has 0 bridgehead atoms. The molecule has 0 saturated carbocycles. The Morgan fingerprint density at radius 3 is 2.42 bits per heavy atom. The van der Waals surface area contributed by atoms with Crippen LogP contribution in [-0.4, -0.2) is 48.0 Å². The predicted octanol–water partition coefficient (Wildman–Crippen LogP) is 4.09. The summed E-state index contributed by atoms with van der Waals surface area (Å²) in [7, 11) is -0.376. The summed E-state index contributed by atoms with van der Waals surface area (Å²) >= 11 is 1.78. The summed E-state index contributed by atoms with van der Waals surface area (Å²) in [6.45, 7) is 17.3. The van der Waals surface area contributed by atoms with Gasteiger partial charge in [-0.25, -0.2) is 4.79 Å². The number of rotatable bonds is 2. The smallest absolute Gasteiger partial charge is 0.444 e. The van der Waals surface area contributed by atoms with E-state index in [0.29, 0.717) is 13.1 Å². The van der Waals surface area contributed by atoms with Gasteiger partial charge < -0.3 is 19.4 Å². The zero-order valence-corrected chi connectivity index (χ0v) is 20.6. The normalized spacial score (nSPS) is 24.5. The number of thioether (sulfide) groups is 1. The van der Waals surface area contributed by atoms with Gasteiger partial charge in [-0.15, -0.1) is 0 Å². The number of benzene rings is 1. The highest BCUT2D eigenvalue weighted by molar-refractivity contribution is 8.03. The number of hydrogen-bond donors (Lipinski definition) is 1. The van der Waals surface area contributed by atoms with E-state index >= 15 is 0 Å². The quantitative estimate of drug-likeness (QED) is 0.694. The van der Waals surface area contributed by atoms with Crippen LogP contribution in [0.4, 0.5) is 4.79 Å². The number of amides is 1. The molecular formula is C23H33BN2O4S. The zero-order chi connectivity index (χ0) is 22.8. The SMILES string of the molecule is Cc1c(B2OC(C)(C)C(C)(C)O2)cccc1C1NC2=C(CN(C(=O)OC(C)(C)C)C2)S1. The van der Waals surface area contributed by atoms with Crippen molar-refractivity contribution in [2.24, 2.45) is 0 Å². The molecule has 1 saturated heterocycles. The van der Waals surface area contributed by atoms with Gasteiger partial charge in [0.15, 0.2) is 0 Å². The monoisotopic (exact) mass is 444 g/mol. The van der Waals surface area contributed by atoms with Crippen molar-refractivity contribution in [3.63, 3.8) is 0 Å². The van der Waals surface area contributed by atoms with E-state index < -0.39 is 5.60 Å². The van der Waals surface area contributed by atoms with Gasteiger partial charge in [0.25, 0.3) is 0 Å². The Morgan fingerprint density at radius 1 is 1.19 bits per heavy atom. The molecule has 0 aromatic heterocycles. The summed E-state index contributed by atoms with van der Waals surface area (Å²) in [4.78, 5) is 15.4. The molecule has 0 spiro atoms. The Kier molecular flexibility index (Phi) is 5.43. The lowest BCUT2D eigenvalue weighted by Crippen LogP contribution is -2.41. The Balaban J connectivity index is 1.46. The lowest BCUT2D eigenvalue weighted by molar-refractivity contribution is 0.00578. The maximum absolute atomic E-state index is 12.4. The van der Waals surface area contributed by atoms with Crippen molar-refractivity contribution in [3.05, 3.63) is 39.9 Å². The third kappa shape index (κ3) is 4.22. The van der Waals surface area contributed by atoms with Crippen LogP contribution in [0.2, 0.25) is 0 Å². The van der Waals surface area contributed by atoms with Crippen LogP contribution < -0.4 is 10.8 Å². The minimum absolute atomic E-state index is 0.119. The Bertz CT molecular complexity index is 904. The van der Waals surface area contributed by atoms with Gasteiger partial charge in [0.2, 0.25) is 0 Å². The van der Waals surface area contributed by atoms with Crippen molar-refractivity contribution >= 4 is 30.4 Å². The first-order chi connectivity index (χ1) is 14.3. The molecule has 3 aliphatic heterocycles. The molecule has 4 rings (SSSR count). The fourth-order valence-corrected chi connectivity index (χ4v) is 5.31. The Morgan fingerprint density at radius 2 is 1.84 bits per heavy atom. The van der Waals surface area contributed by atoms with Crippen LogP contribution in [0.15, 0.2) is 28.8 Å². The number of ether oxygens (including phenoxy) is 1. The standard InChI is InChI=1S/C23H33BN2O4S/c1-14-15(10-9-11-16(14)24-29-22(5,6)23(7,8)30-24)19-25-17-12-26(13-18(17)31-19)20(27)28-21(2,3)4/h9-11,19,25H,12-13H2,1-8H3. The molecule has 31 heavy (non-hydrogen) atoms. The molecule has 1 fully saturated rings. The van der Waals surface area contributed by atoms with Crippen molar-refractivity contribution < 1.29 is 18.8 Å². The van der Waals surface area contributed by atoms with Crippen LogP contribution in [0, 0.1) is 6.92 Å². The number of hydrogen-bond acceptors (Lipinski definition) is 6. The van der Waals surface area contributed by atoms with Crippen LogP contribution in [0.3, 0.4) is 0 Å². The topological polar surface area (TPSA) is 60.0 Å². The molecule has 1 aromatic rings. The molecule has 3 aliphatic rings.